The Labute approximate surface area is 157 Å². The Morgan fingerprint density at radius 2 is 1.77 bits per heavy atom. The lowest BCUT2D eigenvalue weighted by Crippen LogP contribution is -2.22. The van der Waals surface area contributed by atoms with Crippen molar-refractivity contribution < 1.29 is 8.42 Å². The zero-order chi connectivity index (χ0) is 18.9. The van der Waals surface area contributed by atoms with Crippen molar-refractivity contribution >= 4 is 27.0 Å². The third-order valence-corrected chi connectivity index (χ3v) is 6.90. The number of aryl methyl sites for hydroxylation is 1. The normalized spacial score (nSPS) is 12.7. The van der Waals surface area contributed by atoms with Crippen LogP contribution in [0.3, 0.4) is 0 Å². The summed E-state index contributed by atoms with van der Waals surface area (Å²) in [6.45, 7) is 1.98. The van der Waals surface area contributed by atoms with E-state index in [0.29, 0.717) is 0 Å². The Morgan fingerprint density at radius 1 is 1.08 bits per heavy atom. The molecule has 3 rings (SSSR count). The molecular weight excluding hydrogens is 366 g/mol. The maximum atomic E-state index is 12.5. The van der Waals surface area contributed by atoms with Crippen LogP contribution in [0, 0.1) is 6.92 Å². The van der Waals surface area contributed by atoms with Crippen molar-refractivity contribution in [1.82, 2.24) is 8.87 Å². The molecule has 0 radical (unpaired) electrons. The molecule has 1 aromatic heterocycles. The highest BCUT2D eigenvalue weighted by Crippen LogP contribution is 2.27. The van der Waals surface area contributed by atoms with E-state index < -0.39 is 10.0 Å². The van der Waals surface area contributed by atoms with E-state index in [2.05, 4.69) is 4.99 Å². The molecule has 0 aliphatic carbocycles. The van der Waals surface area contributed by atoms with Gasteiger partial charge in [-0.05, 0) is 36.8 Å². The van der Waals surface area contributed by atoms with Crippen molar-refractivity contribution in [2.45, 2.75) is 11.8 Å². The molecule has 0 fully saturated rings. The van der Waals surface area contributed by atoms with Gasteiger partial charge in [-0.3, -0.25) is 0 Å². The summed E-state index contributed by atoms with van der Waals surface area (Å²) in [7, 11) is 1.55. The number of rotatable bonds is 4. The predicted molar refractivity (Wildman–Crippen MR) is 106 cm³/mol. The molecule has 0 aliphatic heterocycles. The van der Waals surface area contributed by atoms with Gasteiger partial charge in [0.2, 0.25) is 10.0 Å². The van der Waals surface area contributed by atoms with E-state index in [1.807, 2.05) is 60.3 Å². The van der Waals surface area contributed by atoms with E-state index in [4.69, 9.17) is 0 Å². The number of aromatic nitrogens is 1. The van der Waals surface area contributed by atoms with E-state index in [1.165, 1.54) is 29.7 Å². The third kappa shape index (κ3) is 3.51. The number of sulfonamides is 1. The third-order valence-electron chi connectivity index (χ3n) is 4.17. The summed E-state index contributed by atoms with van der Waals surface area (Å²) >= 11 is 1.53. The summed E-state index contributed by atoms with van der Waals surface area (Å²) in [5.41, 5.74) is 3.73. The van der Waals surface area contributed by atoms with Crippen molar-refractivity contribution in [3.8, 4) is 11.3 Å². The zero-order valence-electron chi connectivity index (χ0n) is 15.2. The standard InChI is InChI=1S/C19H21N3O2S2/c1-14-10-11-16(26(23,24)21(2)3)12-17(14)18-13-25-19(22(18)4)20-15-8-6-5-7-9-15/h5-13H,1-4H3. The van der Waals surface area contributed by atoms with Crippen LogP contribution in [0.1, 0.15) is 5.56 Å². The minimum Gasteiger partial charge on any atom is -0.320 e. The summed E-state index contributed by atoms with van der Waals surface area (Å²) in [6.07, 6.45) is 0. The van der Waals surface area contributed by atoms with Crippen LogP contribution < -0.4 is 4.80 Å². The Bertz CT molecular complexity index is 1100. The Hall–Kier alpha value is -2.22. The molecule has 0 bridgehead atoms. The summed E-state index contributed by atoms with van der Waals surface area (Å²) in [4.78, 5) is 5.81. The summed E-state index contributed by atoms with van der Waals surface area (Å²) in [5.74, 6) is 0. The number of thiazole rings is 1. The number of para-hydroxylation sites is 1. The average molecular weight is 388 g/mol. The van der Waals surface area contributed by atoms with E-state index in [9.17, 15) is 8.42 Å². The molecule has 0 saturated carbocycles. The van der Waals surface area contributed by atoms with Crippen LogP contribution in [0.5, 0.6) is 0 Å². The number of hydrogen-bond acceptors (Lipinski definition) is 4. The molecule has 0 unspecified atom stereocenters. The van der Waals surface area contributed by atoms with Crippen LogP contribution in [-0.4, -0.2) is 31.4 Å². The van der Waals surface area contributed by atoms with Crippen molar-refractivity contribution in [2.75, 3.05) is 14.1 Å². The average Bonchev–Trinajstić information content (AvgIpc) is 2.96. The lowest BCUT2D eigenvalue weighted by Gasteiger charge is -2.14. The van der Waals surface area contributed by atoms with Crippen LogP contribution in [0.2, 0.25) is 0 Å². The van der Waals surface area contributed by atoms with Gasteiger partial charge in [0.1, 0.15) is 0 Å². The van der Waals surface area contributed by atoms with Gasteiger partial charge < -0.3 is 4.57 Å². The first kappa shape index (κ1) is 18.6. The van der Waals surface area contributed by atoms with Gasteiger partial charge in [-0.2, -0.15) is 0 Å². The SMILES string of the molecule is Cc1ccc(S(=O)(=O)N(C)C)cc1-c1csc(=Nc2ccccc2)n1C. The maximum absolute atomic E-state index is 12.5. The zero-order valence-corrected chi connectivity index (χ0v) is 16.8. The Morgan fingerprint density at radius 3 is 2.42 bits per heavy atom. The van der Waals surface area contributed by atoms with Crippen molar-refractivity contribution in [1.29, 1.82) is 0 Å². The molecule has 7 heteroatoms. The molecule has 1 heterocycles. The first-order valence-electron chi connectivity index (χ1n) is 8.08. The van der Waals surface area contributed by atoms with Gasteiger partial charge in [-0.1, -0.05) is 24.3 Å². The van der Waals surface area contributed by atoms with Crippen LogP contribution >= 0.6 is 11.3 Å². The molecular formula is C19H21N3O2S2. The second kappa shape index (κ2) is 7.19. The smallest absolute Gasteiger partial charge is 0.242 e. The predicted octanol–water partition coefficient (Wildman–Crippen LogP) is 3.54. The number of nitrogens with zero attached hydrogens (tertiary/aromatic N) is 3. The highest BCUT2D eigenvalue weighted by molar-refractivity contribution is 7.89. The first-order chi connectivity index (χ1) is 12.3. The first-order valence-corrected chi connectivity index (χ1v) is 10.4. The van der Waals surface area contributed by atoms with Crippen LogP contribution in [0.25, 0.3) is 11.3 Å². The van der Waals surface area contributed by atoms with E-state index in [1.54, 1.807) is 12.1 Å². The molecule has 0 spiro atoms. The fourth-order valence-electron chi connectivity index (χ4n) is 2.58. The second-order valence-corrected chi connectivity index (χ2v) is 9.16. The minimum atomic E-state index is -3.47. The molecule has 26 heavy (non-hydrogen) atoms. The second-order valence-electron chi connectivity index (χ2n) is 6.17. The Balaban J connectivity index is 2.13. The lowest BCUT2D eigenvalue weighted by molar-refractivity contribution is 0.521. The Kier molecular flexibility index (Phi) is 5.13. The fourth-order valence-corrected chi connectivity index (χ4v) is 4.42. The fraction of sp³-hybridized carbons (Fsp3) is 0.211. The van der Waals surface area contributed by atoms with Crippen LogP contribution in [0.4, 0.5) is 5.69 Å². The van der Waals surface area contributed by atoms with Gasteiger partial charge in [-0.15, -0.1) is 11.3 Å². The van der Waals surface area contributed by atoms with Crippen LogP contribution in [0.15, 0.2) is 63.8 Å². The molecule has 136 valence electrons. The summed E-state index contributed by atoms with van der Waals surface area (Å²) in [6, 6.07) is 15.0. The van der Waals surface area contributed by atoms with Gasteiger partial charge >= 0.3 is 0 Å². The number of benzene rings is 2. The highest BCUT2D eigenvalue weighted by atomic mass is 32.2. The van der Waals surface area contributed by atoms with E-state index >= 15 is 0 Å². The van der Waals surface area contributed by atoms with Crippen molar-refractivity contribution in [3.05, 3.63) is 64.3 Å². The molecule has 0 amide bonds. The molecule has 2 aromatic carbocycles. The molecule has 0 atom stereocenters. The van der Waals surface area contributed by atoms with Gasteiger partial charge in [0.05, 0.1) is 16.3 Å². The topological polar surface area (TPSA) is 54.7 Å². The maximum Gasteiger partial charge on any atom is 0.242 e. The van der Waals surface area contributed by atoms with Gasteiger partial charge in [0.25, 0.3) is 0 Å². The van der Waals surface area contributed by atoms with E-state index in [0.717, 1.165) is 27.3 Å². The quantitative estimate of drug-likeness (QED) is 0.687. The number of hydrogen-bond donors (Lipinski definition) is 0. The molecule has 0 N–H and O–H groups in total. The molecule has 5 nitrogen and oxygen atoms in total. The monoisotopic (exact) mass is 387 g/mol. The lowest BCUT2D eigenvalue weighted by atomic mass is 10.1. The molecule has 3 aromatic rings. The largest absolute Gasteiger partial charge is 0.320 e. The van der Waals surface area contributed by atoms with Crippen molar-refractivity contribution in [3.63, 3.8) is 0 Å². The van der Waals surface area contributed by atoms with Gasteiger partial charge in [-0.25, -0.2) is 17.7 Å². The highest BCUT2D eigenvalue weighted by Gasteiger charge is 2.19. The minimum absolute atomic E-state index is 0.288. The molecule has 0 aliphatic rings. The van der Waals surface area contributed by atoms with Crippen molar-refractivity contribution in [2.24, 2.45) is 12.0 Å². The van der Waals surface area contributed by atoms with Crippen LogP contribution in [-0.2, 0) is 17.1 Å². The molecule has 0 saturated heterocycles. The van der Waals surface area contributed by atoms with E-state index in [-0.39, 0.29) is 4.90 Å². The summed E-state index contributed by atoms with van der Waals surface area (Å²) in [5, 5.41) is 2.01. The van der Waals surface area contributed by atoms with Gasteiger partial charge in [0, 0.05) is 32.1 Å². The van der Waals surface area contributed by atoms with Gasteiger partial charge in [0.15, 0.2) is 4.80 Å². The summed E-state index contributed by atoms with van der Waals surface area (Å²) < 4.78 is 28.1.